The van der Waals surface area contributed by atoms with Crippen LogP contribution in [0, 0.1) is 12.8 Å². The molecule has 0 atom stereocenters. The molecule has 1 aromatic rings. The lowest BCUT2D eigenvalue weighted by atomic mass is 10.1. The highest BCUT2D eigenvalue weighted by Crippen LogP contribution is 2.08. The first-order valence-corrected chi connectivity index (χ1v) is 4.60. The summed E-state index contributed by atoms with van der Waals surface area (Å²) in [6, 6.07) is 0. The number of hydrogen-bond donors (Lipinski definition) is 0. The molecule has 0 unspecified atom stereocenters. The first-order chi connectivity index (χ1) is 5.68. The molecular formula is C10H19NO. The maximum Gasteiger partial charge on any atom is 0.191 e. The SMILES string of the molecule is CC.Cc1ncc(CC(C)C)o1. The van der Waals surface area contributed by atoms with Crippen LogP contribution >= 0.6 is 0 Å². The molecule has 0 aliphatic carbocycles. The summed E-state index contributed by atoms with van der Waals surface area (Å²) >= 11 is 0. The minimum absolute atomic E-state index is 0.646. The van der Waals surface area contributed by atoms with Gasteiger partial charge in [0.25, 0.3) is 0 Å². The van der Waals surface area contributed by atoms with E-state index in [1.807, 2.05) is 20.8 Å². The van der Waals surface area contributed by atoms with Crippen LogP contribution in [-0.4, -0.2) is 4.98 Å². The Bertz CT molecular complexity index is 203. The lowest BCUT2D eigenvalue weighted by molar-refractivity contribution is 0.447. The standard InChI is InChI=1S/C8H13NO.C2H6/c1-6(2)4-8-5-9-7(3)10-8;1-2/h5-6H,4H2,1-3H3;1-2H3. The van der Waals surface area contributed by atoms with E-state index in [4.69, 9.17) is 4.42 Å². The van der Waals surface area contributed by atoms with Crippen molar-refractivity contribution in [3.63, 3.8) is 0 Å². The van der Waals surface area contributed by atoms with Crippen LogP contribution in [0.4, 0.5) is 0 Å². The van der Waals surface area contributed by atoms with Gasteiger partial charge in [0.2, 0.25) is 0 Å². The summed E-state index contributed by atoms with van der Waals surface area (Å²) in [6.45, 7) is 10.2. The van der Waals surface area contributed by atoms with Crippen molar-refractivity contribution in [2.75, 3.05) is 0 Å². The van der Waals surface area contributed by atoms with E-state index in [9.17, 15) is 0 Å². The zero-order chi connectivity index (χ0) is 9.56. The Morgan fingerprint density at radius 1 is 1.42 bits per heavy atom. The molecular weight excluding hydrogens is 150 g/mol. The highest BCUT2D eigenvalue weighted by atomic mass is 16.3. The monoisotopic (exact) mass is 169 g/mol. The van der Waals surface area contributed by atoms with Crippen molar-refractivity contribution >= 4 is 0 Å². The highest BCUT2D eigenvalue weighted by molar-refractivity contribution is 4.93. The van der Waals surface area contributed by atoms with Crippen LogP contribution in [0.5, 0.6) is 0 Å². The van der Waals surface area contributed by atoms with Gasteiger partial charge in [-0.25, -0.2) is 4.98 Å². The van der Waals surface area contributed by atoms with Crippen molar-refractivity contribution in [3.8, 4) is 0 Å². The van der Waals surface area contributed by atoms with Crippen molar-refractivity contribution < 1.29 is 4.42 Å². The summed E-state index contributed by atoms with van der Waals surface area (Å²) in [5.74, 6) is 2.40. The van der Waals surface area contributed by atoms with Gasteiger partial charge in [0.15, 0.2) is 5.89 Å². The van der Waals surface area contributed by atoms with Crippen LogP contribution in [0.2, 0.25) is 0 Å². The van der Waals surface area contributed by atoms with Crippen molar-refractivity contribution in [1.82, 2.24) is 4.98 Å². The van der Waals surface area contributed by atoms with Crippen molar-refractivity contribution in [3.05, 3.63) is 17.8 Å². The van der Waals surface area contributed by atoms with E-state index in [0.29, 0.717) is 5.92 Å². The van der Waals surface area contributed by atoms with Crippen LogP contribution in [0.15, 0.2) is 10.6 Å². The minimum Gasteiger partial charge on any atom is -0.446 e. The topological polar surface area (TPSA) is 26.0 Å². The van der Waals surface area contributed by atoms with Gasteiger partial charge in [-0.15, -0.1) is 0 Å². The Balaban J connectivity index is 0.000000561. The Morgan fingerprint density at radius 2 is 2.00 bits per heavy atom. The average Bonchev–Trinajstić information content (AvgIpc) is 2.39. The smallest absolute Gasteiger partial charge is 0.191 e. The summed E-state index contributed by atoms with van der Waals surface area (Å²) in [6.07, 6.45) is 2.79. The summed E-state index contributed by atoms with van der Waals surface area (Å²) in [7, 11) is 0. The van der Waals surface area contributed by atoms with Gasteiger partial charge in [-0.1, -0.05) is 27.7 Å². The third-order valence-electron chi connectivity index (χ3n) is 1.28. The number of rotatable bonds is 2. The zero-order valence-corrected chi connectivity index (χ0v) is 8.72. The summed E-state index contributed by atoms with van der Waals surface area (Å²) in [5, 5.41) is 0. The van der Waals surface area contributed by atoms with E-state index in [1.165, 1.54) is 0 Å². The lowest BCUT2D eigenvalue weighted by Crippen LogP contribution is -1.90. The number of nitrogens with zero attached hydrogens (tertiary/aromatic N) is 1. The van der Waals surface area contributed by atoms with E-state index in [1.54, 1.807) is 6.20 Å². The second-order valence-electron chi connectivity index (χ2n) is 2.94. The number of hydrogen-bond acceptors (Lipinski definition) is 2. The molecule has 2 nitrogen and oxygen atoms in total. The first-order valence-electron chi connectivity index (χ1n) is 4.60. The number of aromatic nitrogens is 1. The number of oxazole rings is 1. The molecule has 0 bridgehead atoms. The highest BCUT2D eigenvalue weighted by Gasteiger charge is 2.01. The molecule has 0 N–H and O–H groups in total. The van der Waals surface area contributed by atoms with Gasteiger partial charge in [0, 0.05) is 13.3 Å². The summed E-state index contributed by atoms with van der Waals surface area (Å²) in [4.78, 5) is 4.00. The van der Waals surface area contributed by atoms with Crippen molar-refractivity contribution in [2.45, 2.75) is 41.0 Å². The molecule has 0 radical (unpaired) electrons. The normalized spacial score (nSPS) is 9.50. The maximum absolute atomic E-state index is 5.28. The molecule has 0 fully saturated rings. The largest absolute Gasteiger partial charge is 0.446 e. The summed E-state index contributed by atoms with van der Waals surface area (Å²) in [5.41, 5.74) is 0. The van der Waals surface area contributed by atoms with Gasteiger partial charge in [-0.3, -0.25) is 0 Å². The van der Waals surface area contributed by atoms with Crippen molar-refractivity contribution in [1.29, 1.82) is 0 Å². The second kappa shape index (κ2) is 5.81. The van der Waals surface area contributed by atoms with E-state index in [2.05, 4.69) is 18.8 Å². The van der Waals surface area contributed by atoms with Gasteiger partial charge in [0.1, 0.15) is 5.76 Å². The van der Waals surface area contributed by atoms with Gasteiger partial charge >= 0.3 is 0 Å². The average molecular weight is 169 g/mol. The fourth-order valence-corrected chi connectivity index (χ4v) is 0.902. The molecule has 12 heavy (non-hydrogen) atoms. The van der Waals surface area contributed by atoms with Crippen molar-refractivity contribution in [2.24, 2.45) is 5.92 Å². The Kier molecular flexibility index (Phi) is 5.43. The zero-order valence-electron chi connectivity index (χ0n) is 8.72. The van der Waals surface area contributed by atoms with Crippen LogP contribution in [-0.2, 0) is 6.42 Å². The molecule has 0 saturated carbocycles. The maximum atomic E-state index is 5.28. The molecule has 1 heterocycles. The molecule has 0 amide bonds. The molecule has 1 rings (SSSR count). The van der Waals surface area contributed by atoms with E-state index >= 15 is 0 Å². The molecule has 70 valence electrons. The molecule has 0 saturated heterocycles. The quantitative estimate of drug-likeness (QED) is 0.679. The Morgan fingerprint density at radius 3 is 2.33 bits per heavy atom. The molecule has 2 heteroatoms. The third-order valence-corrected chi connectivity index (χ3v) is 1.28. The predicted molar refractivity (Wildman–Crippen MR) is 51.1 cm³/mol. The fraction of sp³-hybridized carbons (Fsp3) is 0.700. The Labute approximate surface area is 75.0 Å². The molecule has 0 aromatic carbocycles. The predicted octanol–water partition coefficient (Wildman–Crippen LogP) is 3.21. The van der Waals surface area contributed by atoms with E-state index in [-0.39, 0.29) is 0 Å². The van der Waals surface area contributed by atoms with Crippen LogP contribution in [0.1, 0.15) is 39.3 Å². The first kappa shape index (κ1) is 11.2. The van der Waals surface area contributed by atoms with Crippen LogP contribution in [0.25, 0.3) is 0 Å². The van der Waals surface area contributed by atoms with Crippen LogP contribution in [0.3, 0.4) is 0 Å². The minimum atomic E-state index is 0.646. The van der Waals surface area contributed by atoms with E-state index < -0.39 is 0 Å². The molecule has 0 aliphatic rings. The molecule has 0 aliphatic heterocycles. The third kappa shape index (κ3) is 4.16. The molecule has 1 aromatic heterocycles. The van der Waals surface area contributed by atoms with E-state index in [0.717, 1.165) is 18.1 Å². The second-order valence-corrected chi connectivity index (χ2v) is 2.94. The van der Waals surface area contributed by atoms with Gasteiger partial charge in [0.05, 0.1) is 6.20 Å². The molecule has 0 spiro atoms. The van der Waals surface area contributed by atoms with Gasteiger partial charge in [-0.05, 0) is 5.92 Å². The van der Waals surface area contributed by atoms with Crippen LogP contribution < -0.4 is 0 Å². The Hall–Kier alpha value is -0.790. The summed E-state index contributed by atoms with van der Waals surface area (Å²) < 4.78 is 5.28. The fourth-order valence-electron chi connectivity index (χ4n) is 0.902. The lowest BCUT2D eigenvalue weighted by Gasteiger charge is -1.97. The van der Waals surface area contributed by atoms with Gasteiger partial charge in [-0.2, -0.15) is 0 Å². The van der Waals surface area contributed by atoms with Gasteiger partial charge < -0.3 is 4.42 Å². The number of aryl methyl sites for hydroxylation is 1.